The molecule has 2 saturated carbocycles. The third kappa shape index (κ3) is 37.1. The fourth-order valence-corrected chi connectivity index (χ4v) is 12.8. The van der Waals surface area contributed by atoms with Gasteiger partial charge in [0.15, 0.2) is 18.9 Å². The van der Waals surface area contributed by atoms with E-state index in [2.05, 4.69) is 42.5 Å². The fourth-order valence-electron chi connectivity index (χ4n) is 12.8. The lowest BCUT2D eigenvalue weighted by molar-refractivity contribution is -0.272. The molecule has 0 aromatic rings. The molecule has 19 N–H and O–H groups in total. The van der Waals surface area contributed by atoms with Crippen LogP contribution in [0.3, 0.4) is 0 Å². The number of nitrogens with one attached hydrogen (secondary N) is 8. The second-order valence-electron chi connectivity index (χ2n) is 27.5. The Morgan fingerprint density at radius 3 is 1.14 bits per heavy atom. The Hall–Kier alpha value is -5.24. The summed E-state index contributed by atoms with van der Waals surface area (Å²) in [7, 11) is 0. The summed E-state index contributed by atoms with van der Waals surface area (Å²) >= 11 is 0. The quantitative estimate of drug-likeness (QED) is 0.0252. The molecule has 111 heavy (non-hydrogen) atoms. The van der Waals surface area contributed by atoms with Crippen molar-refractivity contribution in [2.45, 2.75) is 220 Å². The van der Waals surface area contributed by atoms with Crippen molar-refractivity contribution in [1.29, 1.82) is 0 Å². The topological polar surface area (TPSA) is 579 Å². The SMILES string of the molecule is CC(=O)N[C@H]1[C@H](OCCOCCOCCOCC(=O)NCCCCC(NC(=O)C(CCCCNC(=O)COCCOCCOCCO[C@@H]2O[C@H](CO)[C@H](O)[C@H](O)[C@H]2N)NC(=O)COCCOCCOCCO[C@@H]2O[C@H](CO)[C@H](O)[C@H](O)[C@H]2NC(C)=O)C(=O)NC(C(=O)NC2CCCC2)C2CCCC2)O[C@H](CO)[C@H](O)[C@@H]1O. The predicted molar refractivity (Wildman–Crippen MR) is 384 cm³/mol. The Balaban J connectivity index is 1.07. The molecule has 0 aromatic heterocycles. The van der Waals surface area contributed by atoms with Crippen LogP contribution in [0.2, 0.25) is 0 Å². The molecule has 8 amide bonds. The van der Waals surface area contributed by atoms with Crippen molar-refractivity contribution in [3.8, 4) is 0 Å². The average Bonchev–Trinajstić information content (AvgIpc) is 1.55. The van der Waals surface area contributed by atoms with E-state index in [0.717, 1.165) is 38.5 Å². The summed E-state index contributed by atoms with van der Waals surface area (Å²) in [6.45, 7) is 1.67. The third-order valence-electron chi connectivity index (χ3n) is 18.8. The highest BCUT2D eigenvalue weighted by Gasteiger charge is 2.48. The number of carbonyl (C=O) groups excluding carboxylic acids is 8. The molecule has 2 aliphatic carbocycles. The van der Waals surface area contributed by atoms with Crippen LogP contribution in [0.15, 0.2) is 0 Å². The molecule has 3 aliphatic heterocycles. The van der Waals surface area contributed by atoms with E-state index in [1.165, 1.54) is 13.8 Å². The normalized spacial score (nSPS) is 26.5. The molecule has 18 atom stereocenters. The van der Waals surface area contributed by atoms with Crippen molar-refractivity contribution < 1.29 is 155 Å². The van der Waals surface area contributed by atoms with Crippen molar-refractivity contribution in [1.82, 2.24) is 42.5 Å². The number of amides is 8. The lowest BCUT2D eigenvalue weighted by Gasteiger charge is -2.42. The van der Waals surface area contributed by atoms with E-state index in [1.54, 1.807) is 0 Å². The number of aliphatic hydroxyl groups is 9. The highest BCUT2D eigenvalue weighted by Crippen LogP contribution is 2.30. The lowest BCUT2D eigenvalue weighted by Crippen LogP contribution is -2.64. The molecule has 3 unspecified atom stereocenters. The molecule has 41 heteroatoms. The maximum Gasteiger partial charge on any atom is 0.246 e. The van der Waals surface area contributed by atoms with Crippen molar-refractivity contribution >= 4 is 47.3 Å². The van der Waals surface area contributed by atoms with E-state index in [1.807, 2.05) is 0 Å². The Morgan fingerprint density at radius 1 is 0.387 bits per heavy atom. The number of aliphatic hydroxyl groups excluding tert-OH is 9. The van der Waals surface area contributed by atoms with Gasteiger partial charge in [-0.05, 0) is 70.1 Å². The smallest absolute Gasteiger partial charge is 0.246 e. The van der Waals surface area contributed by atoms with Crippen LogP contribution in [0.5, 0.6) is 0 Å². The van der Waals surface area contributed by atoms with Crippen molar-refractivity contribution in [2.24, 2.45) is 11.7 Å². The molecule has 3 saturated heterocycles. The minimum absolute atomic E-state index is 0.0165. The van der Waals surface area contributed by atoms with Gasteiger partial charge in [0.05, 0.1) is 145 Å². The first kappa shape index (κ1) is 96.3. The van der Waals surface area contributed by atoms with E-state index in [4.69, 9.17) is 76.8 Å². The van der Waals surface area contributed by atoms with E-state index in [-0.39, 0.29) is 176 Å². The molecule has 0 spiro atoms. The average molecular weight is 1600 g/mol. The molecule has 642 valence electrons. The molecule has 5 fully saturated rings. The highest BCUT2D eigenvalue weighted by atomic mass is 16.7. The standard InChI is InChI=1S/C70H125N9O32/c1-43(83)74-57-63(92)60(89)50(38-81)110-69(57)107-35-32-101-23-20-98-26-29-104-41-53(86)73-18-10-8-16-48(66(95)79-56(45-11-3-4-12-45)67(96)76-46-13-5-6-14-46)78-65(94)47(77-54(87)42-105-30-27-99-21-24-102-33-36-108-70-58(75-44(2)84)64(93)61(90)51(39-82)111-70)15-7-9-17-72-52(85)40-103-28-25-97-19-22-100-31-34-106-68-55(71)62(91)59(88)49(37-80)109-68/h45-51,55-64,68-70,80-82,88-93H,3-42,71H2,1-2H3,(H,72,85)(H,73,86)(H,74,83)(H,75,84)(H,76,96)(H,77,87)(H,78,94)(H,79,95)/t47?,48?,49-,50-,51-,55-,56?,57-,58-,59+,60+,61+,62-,63-,64-,68-,69-,70-/m1/s1. The highest BCUT2D eigenvalue weighted by molar-refractivity contribution is 5.94. The third-order valence-corrected chi connectivity index (χ3v) is 18.8. The molecular formula is C70H125N9O32. The monoisotopic (exact) mass is 1600 g/mol. The number of unbranched alkanes of at least 4 members (excludes halogenated alkanes) is 2. The molecule has 3 heterocycles. The van der Waals surface area contributed by atoms with Crippen LogP contribution in [0.25, 0.3) is 0 Å². The van der Waals surface area contributed by atoms with Gasteiger partial charge >= 0.3 is 0 Å². The maximum atomic E-state index is 14.6. The molecule has 5 aliphatic rings. The second-order valence-corrected chi connectivity index (χ2v) is 27.5. The van der Waals surface area contributed by atoms with Crippen molar-refractivity contribution in [2.75, 3.05) is 172 Å². The first-order chi connectivity index (χ1) is 53.6. The molecule has 0 aromatic carbocycles. The minimum atomic E-state index is -1.47. The van der Waals surface area contributed by atoms with E-state index in [9.17, 15) is 84.3 Å². The summed E-state index contributed by atoms with van der Waals surface area (Å²) in [5.41, 5.74) is 5.88. The molecule has 41 nitrogen and oxygen atoms in total. The zero-order valence-electron chi connectivity index (χ0n) is 63.8. The molecule has 0 radical (unpaired) electrons. The summed E-state index contributed by atoms with van der Waals surface area (Å²) in [6, 6.07) is -6.55. The number of hydrogen-bond donors (Lipinski definition) is 18. The summed E-state index contributed by atoms with van der Waals surface area (Å²) in [4.78, 5) is 106. The van der Waals surface area contributed by atoms with E-state index < -0.39 is 178 Å². The summed E-state index contributed by atoms with van der Waals surface area (Å²) in [6.07, 6.45) is -7.05. The van der Waals surface area contributed by atoms with Gasteiger partial charge in [-0.2, -0.15) is 0 Å². The lowest BCUT2D eigenvalue weighted by atomic mass is 9.96. The zero-order valence-corrected chi connectivity index (χ0v) is 63.8. The first-order valence-corrected chi connectivity index (χ1v) is 38.5. The molecule has 5 rings (SSSR count). The van der Waals surface area contributed by atoms with Gasteiger partial charge in [-0.1, -0.05) is 25.7 Å². The summed E-state index contributed by atoms with van der Waals surface area (Å²) in [5.74, 6) is -4.23. The Kier molecular flexibility index (Phi) is 48.7. The zero-order chi connectivity index (χ0) is 80.7. The van der Waals surface area contributed by atoms with Gasteiger partial charge in [0, 0.05) is 33.0 Å². The van der Waals surface area contributed by atoms with Gasteiger partial charge in [0.2, 0.25) is 47.3 Å². The van der Waals surface area contributed by atoms with Crippen molar-refractivity contribution in [3.05, 3.63) is 0 Å². The van der Waals surface area contributed by atoms with Gasteiger partial charge in [0.25, 0.3) is 0 Å². The second kappa shape index (κ2) is 56.1. The fraction of sp³-hybridized carbons (Fsp3) is 0.886. The van der Waals surface area contributed by atoms with Crippen LogP contribution in [-0.4, -0.2) is 381 Å². The van der Waals surface area contributed by atoms with E-state index >= 15 is 0 Å². The van der Waals surface area contributed by atoms with Crippen LogP contribution in [0.4, 0.5) is 0 Å². The maximum absolute atomic E-state index is 14.6. The van der Waals surface area contributed by atoms with Crippen molar-refractivity contribution in [3.63, 3.8) is 0 Å². The Bertz CT molecular complexity index is 2630. The van der Waals surface area contributed by atoms with Crippen LogP contribution in [-0.2, 0) is 109 Å². The molecule has 0 bridgehead atoms. The van der Waals surface area contributed by atoms with Gasteiger partial charge in [0.1, 0.15) is 105 Å². The number of nitrogens with two attached hydrogens (primary N) is 1. The predicted octanol–water partition coefficient (Wildman–Crippen LogP) is -7.88. The summed E-state index contributed by atoms with van der Waals surface area (Å²) in [5, 5.41) is 112. The van der Waals surface area contributed by atoms with Gasteiger partial charge in [-0.3, -0.25) is 38.4 Å². The van der Waals surface area contributed by atoms with Gasteiger partial charge in [-0.25, -0.2) is 0 Å². The Labute approximate surface area is 646 Å². The number of hydrogen-bond acceptors (Lipinski definition) is 33. The van der Waals surface area contributed by atoms with Gasteiger partial charge in [-0.15, -0.1) is 0 Å². The number of carbonyl (C=O) groups is 8. The van der Waals surface area contributed by atoms with Gasteiger partial charge < -0.3 is 165 Å². The Morgan fingerprint density at radius 2 is 0.730 bits per heavy atom. The first-order valence-electron chi connectivity index (χ1n) is 38.5. The number of rotatable bonds is 59. The van der Waals surface area contributed by atoms with Crippen LogP contribution in [0.1, 0.15) is 104 Å². The largest absolute Gasteiger partial charge is 0.394 e. The molecular weight excluding hydrogens is 1480 g/mol. The van der Waals surface area contributed by atoms with Crippen LogP contribution in [0, 0.1) is 5.92 Å². The van der Waals surface area contributed by atoms with E-state index in [0.29, 0.717) is 38.5 Å². The van der Waals surface area contributed by atoms with Crippen LogP contribution >= 0.6 is 0 Å². The van der Waals surface area contributed by atoms with Crippen LogP contribution < -0.4 is 48.3 Å². The minimum Gasteiger partial charge on any atom is -0.394 e. The summed E-state index contributed by atoms with van der Waals surface area (Å²) < 4.78 is 83.0. The number of ether oxygens (including phenoxy) is 15.